The number of carboxylic acids is 1. The molecule has 2 unspecified atom stereocenters. The zero-order chi connectivity index (χ0) is 24.5. The van der Waals surface area contributed by atoms with Crippen LogP contribution in [0.3, 0.4) is 0 Å². The van der Waals surface area contributed by atoms with Gasteiger partial charge in [-0.25, -0.2) is 4.79 Å². The maximum Gasteiger partial charge on any atom is 0.407 e. The van der Waals surface area contributed by atoms with E-state index in [1.165, 1.54) is 22.3 Å². The minimum atomic E-state index is -0.841. The zero-order valence-electron chi connectivity index (χ0n) is 20.0. The molecule has 0 spiro atoms. The predicted octanol–water partition coefficient (Wildman–Crippen LogP) is 4.41. The molecule has 0 radical (unpaired) electrons. The van der Waals surface area contributed by atoms with E-state index < -0.39 is 18.0 Å². The molecule has 7 heteroatoms. The van der Waals surface area contributed by atoms with Crippen LogP contribution >= 0.6 is 0 Å². The van der Waals surface area contributed by atoms with Crippen molar-refractivity contribution in [2.45, 2.75) is 57.0 Å². The van der Waals surface area contributed by atoms with E-state index in [1.807, 2.05) is 31.2 Å². The van der Waals surface area contributed by atoms with Crippen LogP contribution < -0.4 is 5.32 Å². The van der Waals surface area contributed by atoms with Gasteiger partial charge in [0.25, 0.3) is 0 Å². The molecule has 0 aromatic heterocycles. The van der Waals surface area contributed by atoms with E-state index in [9.17, 15) is 19.5 Å². The lowest BCUT2D eigenvalue weighted by Gasteiger charge is -2.33. The number of amides is 2. The van der Waals surface area contributed by atoms with Gasteiger partial charge in [0.15, 0.2) is 0 Å². The fraction of sp³-hybridized carbons (Fsp3) is 0.464. The Morgan fingerprint density at radius 1 is 1.00 bits per heavy atom. The summed E-state index contributed by atoms with van der Waals surface area (Å²) < 4.78 is 5.68. The van der Waals surface area contributed by atoms with Crippen molar-refractivity contribution in [3.63, 3.8) is 0 Å². The molecular formula is C28H32N2O5. The van der Waals surface area contributed by atoms with Crippen LogP contribution in [0.15, 0.2) is 48.5 Å². The summed E-state index contributed by atoms with van der Waals surface area (Å²) in [7, 11) is 0. The molecule has 2 aromatic carbocycles. The number of fused-ring (bicyclic) bond motifs is 3. The summed E-state index contributed by atoms with van der Waals surface area (Å²) in [4.78, 5) is 39.0. The third kappa shape index (κ3) is 4.51. The van der Waals surface area contributed by atoms with Crippen molar-refractivity contribution in [3.05, 3.63) is 59.7 Å². The first kappa shape index (κ1) is 23.4. The molecule has 2 aromatic rings. The first-order valence-corrected chi connectivity index (χ1v) is 12.6. The van der Waals surface area contributed by atoms with E-state index in [0.717, 1.165) is 19.3 Å². The van der Waals surface area contributed by atoms with Crippen LogP contribution in [0.25, 0.3) is 11.1 Å². The van der Waals surface area contributed by atoms with Crippen LogP contribution in [0.4, 0.5) is 4.79 Å². The molecular weight excluding hydrogens is 444 g/mol. The van der Waals surface area contributed by atoms with Crippen LogP contribution in [-0.2, 0) is 14.3 Å². The number of aliphatic carboxylic acids is 1. The molecule has 184 valence electrons. The van der Waals surface area contributed by atoms with Crippen LogP contribution in [0.2, 0.25) is 0 Å². The molecule has 35 heavy (non-hydrogen) atoms. The van der Waals surface area contributed by atoms with Gasteiger partial charge in [0.05, 0.1) is 5.92 Å². The zero-order valence-corrected chi connectivity index (χ0v) is 20.0. The Labute approximate surface area is 205 Å². The number of benzene rings is 2. The van der Waals surface area contributed by atoms with Gasteiger partial charge in [-0.15, -0.1) is 0 Å². The van der Waals surface area contributed by atoms with Crippen molar-refractivity contribution < 1.29 is 24.2 Å². The number of likely N-dealkylation sites (tertiary alicyclic amines) is 1. The largest absolute Gasteiger partial charge is 0.481 e. The average molecular weight is 477 g/mol. The van der Waals surface area contributed by atoms with Crippen LogP contribution in [0, 0.1) is 11.8 Å². The monoisotopic (exact) mass is 476 g/mol. The lowest BCUT2D eigenvalue weighted by Crippen LogP contribution is -2.46. The lowest BCUT2D eigenvalue weighted by molar-refractivity contribution is -0.144. The second kappa shape index (κ2) is 9.72. The number of rotatable bonds is 5. The summed E-state index contributed by atoms with van der Waals surface area (Å²) in [5, 5.41) is 12.4. The molecule has 2 aliphatic carbocycles. The number of hydrogen-bond donors (Lipinski definition) is 2. The maximum atomic E-state index is 13.1. The summed E-state index contributed by atoms with van der Waals surface area (Å²) in [5.74, 6) is -1.52. The first-order valence-electron chi connectivity index (χ1n) is 12.6. The Kier molecular flexibility index (Phi) is 6.50. The Bertz CT molecular complexity index is 1090. The molecule has 1 aliphatic heterocycles. The van der Waals surface area contributed by atoms with Crippen molar-refractivity contribution in [3.8, 4) is 11.1 Å². The van der Waals surface area contributed by atoms with Gasteiger partial charge in [-0.05, 0) is 54.9 Å². The molecule has 5 rings (SSSR count). The highest BCUT2D eigenvalue weighted by molar-refractivity contribution is 5.82. The fourth-order valence-corrected chi connectivity index (χ4v) is 6.17. The molecule has 1 heterocycles. The second-order valence-electron chi connectivity index (χ2n) is 10.0. The van der Waals surface area contributed by atoms with E-state index in [4.69, 9.17) is 4.74 Å². The van der Waals surface area contributed by atoms with Gasteiger partial charge < -0.3 is 20.1 Å². The topological polar surface area (TPSA) is 95.9 Å². The maximum absolute atomic E-state index is 13.1. The van der Waals surface area contributed by atoms with Gasteiger partial charge in [0.1, 0.15) is 6.61 Å². The number of carboxylic acid groups (broad SMARTS) is 1. The number of carbonyl (C=O) groups is 3. The van der Waals surface area contributed by atoms with E-state index in [1.54, 1.807) is 4.90 Å². The SMILES string of the molecule is CC1C(C(=O)O)CCN1C(=O)[C@@H]1CCC[C@H](NC(=O)OCC2c3ccccc3-c3ccccc32)C1. The predicted molar refractivity (Wildman–Crippen MR) is 131 cm³/mol. The minimum Gasteiger partial charge on any atom is -0.481 e. The summed E-state index contributed by atoms with van der Waals surface area (Å²) >= 11 is 0. The normalized spacial score (nSPS) is 25.6. The highest BCUT2D eigenvalue weighted by atomic mass is 16.5. The molecule has 3 aliphatic rings. The van der Waals surface area contributed by atoms with Gasteiger partial charge in [-0.1, -0.05) is 55.0 Å². The number of hydrogen-bond acceptors (Lipinski definition) is 4. The van der Waals surface area contributed by atoms with Crippen molar-refractivity contribution in [2.24, 2.45) is 11.8 Å². The number of carbonyl (C=O) groups excluding carboxylic acids is 2. The molecule has 4 atom stereocenters. The number of nitrogens with zero attached hydrogens (tertiary/aromatic N) is 1. The van der Waals surface area contributed by atoms with Gasteiger partial charge in [0, 0.05) is 30.5 Å². The van der Waals surface area contributed by atoms with E-state index >= 15 is 0 Å². The molecule has 1 saturated carbocycles. The highest BCUT2D eigenvalue weighted by Crippen LogP contribution is 2.44. The molecule has 1 saturated heterocycles. The van der Waals surface area contributed by atoms with Gasteiger partial charge >= 0.3 is 12.1 Å². The van der Waals surface area contributed by atoms with E-state index in [2.05, 4.69) is 29.6 Å². The average Bonchev–Trinajstić information content (AvgIpc) is 3.40. The second-order valence-corrected chi connectivity index (χ2v) is 10.0. The van der Waals surface area contributed by atoms with Crippen LogP contribution in [-0.4, -0.2) is 53.2 Å². The summed E-state index contributed by atoms with van der Waals surface area (Å²) in [6, 6.07) is 16.0. The Morgan fingerprint density at radius 2 is 1.66 bits per heavy atom. The summed E-state index contributed by atoms with van der Waals surface area (Å²) in [6.07, 6.45) is 3.02. The Balaban J connectivity index is 1.17. The number of alkyl carbamates (subject to hydrolysis) is 1. The van der Waals surface area contributed by atoms with Gasteiger partial charge in [0.2, 0.25) is 5.91 Å². The quantitative estimate of drug-likeness (QED) is 0.667. The lowest BCUT2D eigenvalue weighted by atomic mass is 9.84. The fourth-order valence-electron chi connectivity index (χ4n) is 6.17. The molecule has 7 nitrogen and oxygen atoms in total. The van der Waals surface area contributed by atoms with Crippen molar-refractivity contribution >= 4 is 18.0 Å². The summed E-state index contributed by atoms with van der Waals surface area (Å²) in [5.41, 5.74) is 4.72. The Morgan fingerprint density at radius 3 is 2.29 bits per heavy atom. The molecule has 2 amide bonds. The van der Waals surface area contributed by atoms with Crippen molar-refractivity contribution in [1.29, 1.82) is 0 Å². The van der Waals surface area contributed by atoms with Crippen molar-refractivity contribution in [1.82, 2.24) is 10.2 Å². The number of nitrogens with one attached hydrogen (secondary N) is 1. The highest BCUT2D eigenvalue weighted by Gasteiger charge is 2.41. The third-order valence-electron chi connectivity index (χ3n) is 8.04. The minimum absolute atomic E-state index is 0.00710. The molecule has 0 bridgehead atoms. The third-order valence-corrected chi connectivity index (χ3v) is 8.04. The molecule has 2 fully saturated rings. The van der Waals surface area contributed by atoms with Gasteiger partial charge in [-0.3, -0.25) is 9.59 Å². The van der Waals surface area contributed by atoms with Crippen molar-refractivity contribution in [2.75, 3.05) is 13.2 Å². The first-order chi connectivity index (χ1) is 16.9. The summed E-state index contributed by atoms with van der Waals surface area (Å²) in [6.45, 7) is 2.56. The van der Waals surface area contributed by atoms with Gasteiger partial charge in [-0.2, -0.15) is 0 Å². The van der Waals surface area contributed by atoms with Crippen LogP contribution in [0.5, 0.6) is 0 Å². The standard InChI is InChI=1S/C28H32N2O5/c1-17-20(27(32)33)13-14-30(17)26(31)18-7-6-8-19(15-18)29-28(34)35-16-25-23-11-4-2-9-21(23)22-10-3-5-12-24(22)25/h2-5,9-12,17-20,25H,6-8,13-16H2,1H3,(H,29,34)(H,32,33)/t17?,18-,19+,20?/m1/s1. The molecule has 2 N–H and O–H groups in total. The number of ether oxygens (including phenoxy) is 1. The smallest absolute Gasteiger partial charge is 0.407 e. The van der Waals surface area contributed by atoms with E-state index in [-0.39, 0.29) is 36.4 Å². The van der Waals surface area contributed by atoms with E-state index in [0.29, 0.717) is 19.4 Å². The Hall–Kier alpha value is -3.35. The van der Waals surface area contributed by atoms with Crippen LogP contribution in [0.1, 0.15) is 56.1 Å².